The standard InChI is InChI=1S/C8H19O4P/c1-3-5-6-7(4-2)8(9)13(10,11)12/h7-9H,3-6H2,1-2H3,(H2,10,11,12). The van der Waals surface area contributed by atoms with E-state index in [4.69, 9.17) is 9.79 Å². The van der Waals surface area contributed by atoms with E-state index in [-0.39, 0.29) is 5.92 Å². The zero-order valence-corrected chi connectivity index (χ0v) is 9.07. The topological polar surface area (TPSA) is 77.8 Å². The molecule has 2 unspecified atom stereocenters. The van der Waals surface area contributed by atoms with Gasteiger partial charge in [0.05, 0.1) is 0 Å². The molecule has 3 N–H and O–H groups in total. The molecule has 0 aliphatic rings. The molecule has 0 aliphatic heterocycles. The Balaban J connectivity index is 4.15. The van der Waals surface area contributed by atoms with Crippen LogP contribution in [0.5, 0.6) is 0 Å². The lowest BCUT2D eigenvalue weighted by atomic mass is 10.0. The van der Waals surface area contributed by atoms with Gasteiger partial charge in [-0.3, -0.25) is 4.57 Å². The minimum absolute atomic E-state index is 0.277. The van der Waals surface area contributed by atoms with Crippen molar-refractivity contribution in [3.05, 3.63) is 0 Å². The van der Waals surface area contributed by atoms with Crippen LogP contribution in [0, 0.1) is 5.92 Å². The van der Waals surface area contributed by atoms with Gasteiger partial charge in [-0.15, -0.1) is 0 Å². The molecule has 0 saturated carbocycles. The molecular weight excluding hydrogens is 191 g/mol. The van der Waals surface area contributed by atoms with E-state index in [0.717, 1.165) is 12.8 Å². The highest BCUT2D eigenvalue weighted by atomic mass is 31.2. The van der Waals surface area contributed by atoms with Gasteiger partial charge in [0, 0.05) is 0 Å². The van der Waals surface area contributed by atoms with Crippen molar-refractivity contribution < 1.29 is 19.5 Å². The molecule has 4 nitrogen and oxygen atoms in total. The van der Waals surface area contributed by atoms with Gasteiger partial charge in [-0.1, -0.05) is 33.1 Å². The van der Waals surface area contributed by atoms with Gasteiger partial charge in [0.2, 0.25) is 0 Å². The van der Waals surface area contributed by atoms with Gasteiger partial charge >= 0.3 is 7.60 Å². The van der Waals surface area contributed by atoms with Gasteiger partial charge in [-0.25, -0.2) is 0 Å². The molecule has 0 radical (unpaired) electrons. The zero-order valence-electron chi connectivity index (χ0n) is 8.18. The van der Waals surface area contributed by atoms with Crippen LogP contribution in [0.25, 0.3) is 0 Å². The van der Waals surface area contributed by atoms with Gasteiger partial charge in [-0.2, -0.15) is 0 Å². The normalized spacial score (nSPS) is 17.0. The molecular formula is C8H19O4P. The maximum atomic E-state index is 10.7. The maximum Gasteiger partial charge on any atom is 0.354 e. The van der Waals surface area contributed by atoms with Crippen LogP contribution in [0.15, 0.2) is 0 Å². The molecule has 0 bridgehead atoms. The van der Waals surface area contributed by atoms with E-state index in [1.165, 1.54) is 0 Å². The van der Waals surface area contributed by atoms with Gasteiger partial charge in [-0.05, 0) is 12.3 Å². The average molecular weight is 210 g/mol. The third-order valence-electron chi connectivity index (χ3n) is 2.22. The number of hydrogen-bond donors (Lipinski definition) is 3. The molecule has 5 heteroatoms. The number of hydrogen-bond acceptors (Lipinski definition) is 2. The van der Waals surface area contributed by atoms with E-state index in [2.05, 4.69) is 0 Å². The van der Waals surface area contributed by atoms with Crippen molar-refractivity contribution in [2.45, 2.75) is 45.4 Å². The second-order valence-electron chi connectivity index (χ2n) is 3.31. The van der Waals surface area contributed by atoms with Crippen molar-refractivity contribution in [1.82, 2.24) is 0 Å². The molecule has 0 aromatic carbocycles. The van der Waals surface area contributed by atoms with E-state index in [1.54, 1.807) is 0 Å². The van der Waals surface area contributed by atoms with E-state index in [0.29, 0.717) is 12.8 Å². The Labute approximate surface area is 79.1 Å². The quantitative estimate of drug-likeness (QED) is 0.583. The fourth-order valence-electron chi connectivity index (χ4n) is 1.30. The summed E-state index contributed by atoms with van der Waals surface area (Å²) in [7, 11) is -4.31. The highest BCUT2D eigenvalue weighted by Crippen LogP contribution is 2.45. The van der Waals surface area contributed by atoms with Crippen molar-refractivity contribution in [3.8, 4) is 0 Å². The number of aliphatic hydroxyl groups excluding tert-OH is 1. The molecule has 0 aromatic heterocycles. The minimum atomic E-state index is -4.31. The Kier molecular flexibility index (Phi) is 5.81. The number of unbranched alkanes of at least 4 members (excludes halogenated alkanes) is 1. The van der Waals surface area contributed by atoms with Crippen LogP contribution >= 0.6 is 7.60 Å². The van der Waals surface area contributed by atoms with Gasteiger partial charge < -0.3 is 14.9 Å². The summed E-state index contributed by atoms with van der Waals surface area (Å²) in [5, 5.41) is 9.31. The number of aliphatic hydroxyl groups is 1. The Morgan fingerprint density at radius 2 is 1.85 bits per heavy atom. The van der Waals surface area contributed by atoms with Crippen LogP contribution in [-0.2, 0) is 4.57 Å². The fraction of sp³-hybridized carbons (Fsp3) is 1.00. The largest absolute Gasteiger partial charge is 0.380 e. The smallest absolute Gasteiger partial charge is 0.354 e. The summed E-state index contributed by atoms with van der Waals surface area (Å²) in [5.41, 5.74) is 0. The summed E-state index contributed by atoms with van der Waals surface area (Å²) in [5.74, 6) is -1.76. The van der Waals surface area contributed by atoms with Crippen LogP contribution in [-0.4, -0.2) is 20.7 Å². The predicted molar refractivity (Wildman–Crippen MR) is 51.4 cm³/mol. The van der Waals surface area contributed by atoms with Crippen molar-refractivity contribution in [2.24, 2.45) is 5.92 Å². The van der Waals surface area contributed by atoms with E-state index in [1.807, 2.05) is 13.8 Å². The SMILES string of the molecule is CCCCC(CC)C(O)P(=O)(O)O. The van der Waals surface area contributed by atoms with Crippen LogP contribution in [0.1, 0.15) is 39.5 Å². The van der Waals surface area contributed by atoms with Crippen molar-refractivity contribution >= 4 is 7.60 Å². The Morgan fingerprint density at radius 1 is 1.31 bits per heavy atom. The van der Waals surface area contributed by atoms with Crippen molar-refractivity contribution in [2.75, 3.05) is 0 Å². The molecule has 0 rings (SSSR count). The predicted octanol–water partition coefficient (Wildman–Crippen LogP) is 1.70. The molecule has 0 spiro atoms. The molecule has 0 aromatic rings. The van der Waals surface area contributed by atoms with E-state index >= 15 is 0 Å². The summed E-state index contributed by atoms with van der Waals surface area (Å²) in [6, 6.07) is 0. The molecule has 0 saturated heterocycles. The molecule has 0 amide bonds. The third kappa shape index (κ3) is 4.77. The summed E-state index contributed by atoms with van der Waals surface area (Å²) in [4.78, 5) is 17.5. The van der Waals surface area contributed by atoms with Crippen LogP contribution in [0.2, 0.25) is 0 Å². The minimum Gasteiger partial charge on any atom is -0.380 e. The zero-order chi connectivity index (χ0) is 10.5. The third-order valence-corrected chi connectivity index (χ3v) is 3.33. The van der Waals surface area contributed by atoms with Gasteiger partial charge in [0.25, 0.3) is 0 Å². The van der Waals surface area contributed by atoms with Crippen LogP contribution < -0.4 is 0 Å². The first-order valence-electron chi connectivity index (χ1n) is 4.66. The maximum absolute atomic E-state index is 10.7. The lowest BCUT2D eigenvalue weighted by molar-refractivity contribution is 0.136. The second kappa shape index (κ2) is 5.76. The molecule has 0 heterocycles. The van der Waals surface area contributed by atoms with Crippen LogP contribution in [0.3, 0.4) is 0 Å². The first kappa shape index (κ1) is 13.1. The molecule has 0 fully saturated rings. The lowest BCUT2D eigenvalue weighted by Gasteiger charge is -2.21. The summed E-state index contributed by atoms with van der Waals surface area (Å²) in [6.07, 6.45) is 3.16. The summed E-state index contributed by atoms with van der Waals surface area (Å²) in [6.45, 7) is 3.84. The molecule has 80 valence electrons. The second-order valence-corrected chi connectivity index (χ2v) is 5.02. The molecule has 0 aliphatic carbocycles. The first-order chi connectivity index (χ1) is 5.93. The van der Waals surface area contributed by atoms with Gasteiger partial charge in [0.15, 0.2) is 5.85 Å². The summed E-state index contributed by atoms with van der Waals surface area (Å²) < 4.78 is 10.7. The van der Waals surface area contributed by atoms with E-state index < -0.39 is 13.4 Å². The average Bonchev–Trinajstić information content (AvgIpc) is 2.04. The Bertz CT molecular complexity index is 177. The summed E-state index contributed by atoms with van der Waals surface area (Å²) >= 11 is 0. The highest BCUT2D eigenvalue weighted by molar-refractivity contribution is 7.52. The molecule has 13 heavy (non-hydrogen) atoms. The van der Waals surface area contributed by atoms with E-state index in [9.17, 15) is 9.67 Å². The van der Waals surface area contributed by atoms with Crippen LogP contribution in [0.4, 0.5) is 0 Å². The van der Waals surface area contributed by atoms with Crippen molar-refractivity contribution in [3.63, 3.8) is 0 Å². The van der Waals surface area contributed by atoms with Crippen molar-refractivity contribution in [1.29, 1.82) is 0 Å². The Hall–Kier alpha value is 0.110. The lowest BCUT2D eigenvalue weighted by Crippen LogP contribution is -2.19. The highest BCUT2D eigenvalue weighted by Gasteiger charge is 2.32. The molecule has 2 atom stereocenters. The number of rotatable bonds is 6. The fourth-order valence-corrected chi connectivity index (χ4v) is 2.21. The Morgan fingerprint density at radius 3 is 2.15 bits per heavy atom. The van der Waals surface area contributed by atoms with Gasteiger partial charge in [0.1, 0.15) is 0 Å². The first-order valence-corrected chi connectivity index (χ1v) is 6.34. The monoisotopic (exact) mass is 210 g/mol.